The number of carbonyl (C=O) groups excluding carboxylic acids is 1. The summed E-state index contributed by atoms with van der Waals surface area (Å²) in [6.07, 6.45) is 2.74. The largest absolute Gasteiger partial charge is 0.493 e. The Morgan fingerprint density at radius 3 is 2.04 bits per heavy atom. The van der Waals surface area contributed by atoms with Crippen molar-refractivity contribution in [3.05, 3.63) is 52.8 Å². The molecule has 0 spiro atoms. The summed E-state index contributed by atoms with van der Waals surface area (Å²) < 4.78 is 10.7. The van der Waals surface area contributed by atoms with Gasteiger partial charge in [-0.05, 0) is 48.2 Å². The molecule has 1 aromatic heterocycles. The summed E-state index contributed by atoms with van der Waals surface area (Å²) in [6, 6.07) is 6.78. The second-order valence-corrected chi connectivity index (χ2v) is 6.01. The van der Waals surface area contributed by atoms with Crippen LogP contribution in [0.25, 0.3) is 0 Å². The van der Waals surface area contributed by atoms with E-state index in [2.05, 4.69) is 4.98 Å². The number of carboxylic acids is 1. The number of methoxy groups -OCH3 is 2. The van der Waals surface area contributed by atoms with E-state index in [0.29, 0.717) is 43.0 Å². The Morgan fingerprint density at radius 2 is 1.62 bits per heavy atom. The van der Waals surface area contributed by atoms with E-state index in [9.17, 15) is 9.59 Å². The number of fused-ring (bicyclic) bond motifs is 1. The molecular weight excluding hydrogens is 336 g/mol. The normalized spacial score (nSPS) is 13.5. The Balaban J connectivity index is 1.78. The maximum atomic E-state index is 12.7. The van der Waals surface area contributed by atoms with Crippen molar-refractivity contribution < 1.29 is 24.2 Å². The Bertz CT molecular complexity index is 798. The van der Waals surface area contributed by atoms with Gasteiger partial charge in [0.15, 0.2) is 11.5 Å². The molecule has 0 atom stereocenters. The highest BCUT2D eigenvalue weighted by molar-refractivity contribution is 5.95. The Morgan fingerprint density at radius 1 is 1.04 bits per heavy atom. The number of amides is 1. The average Bonchev–Trinajstić information content (AvgIpc) is 2.88. The van der Waals surface area contributed by atoms with Gasteiger partial charge in [0, 0.05) is 19.3 Å². The maximum Gasteiger partial charge on any atom is 0.354 e. The standard InChI is InChI=1S/C19H20N2O5/c1-25-16-9-12-5-7-21(8-6-13(12)10-17(16)26-2)18(22)14-3-4-15(19(23)24)20-11-14/h3-4,9-11H,5-8H2,1-2H3,(H,23,24). The summed E-state index contributed by atoms with van der Waals surface area (Å²) in [7, 11) is 3.20. The van der Waals surface area contributed by atoms with Gasteiger partial charge in [0.1, 0.15) is 5.69 Å². The molecule has 0 aliphatic carbocycles. The van der Waals surface area contributed by atoms with Gasteiger partial charge in [-0.15, -0.1) is 0 Å². The van der Waals surface area contributed by atoms with Gasteiger partial charge in [0.05, 0.1) is 19.8 Å². The van der Waals surface area contributed by atoms with Crippen LogP contribution in [0.1, 0.15) is 32.0 Å². The highest BCUT2D eigenvalue weighted by atomic mass is 16.5. The molecule has 7 heteroatoms. The second kappa shape index (κ2) is 7.43. The van der Waals surface area contributed by atoms with Crippen molar-refractivity contribution in [3.8, 4) is 11.5 Å². The van der Waals surface area contributed by atoms with Crippen LogP contribution in [0.4, 0.5) is 0 Å². The first-order valence-corrected chi connectivity index (χ1v) is 8.26. The van der Waals surface area contributed by atoms with Crippen molar-refractivity contribution in [2.45, 2.75) is 12.8 Å². The SMILES string of the molecule is COc1cc2c(cc1OC)CCN(C(=O)c1ccc(C(=O)O)nc1)CC2. The van der Waals surface area contributed by atoms with E-state index in [4.69, 9.17) is 14.6 Å². The molecular formula is C19H20N2O5. The van der Waals surface area contributed by atoms with Gasteiger partial charge >= 0.3 is 5.97 Å². The number of benzene rings is 1. The van der Waals surface area contributed by atoms with Crippen LogP contribution in [-0.2, 0) is 12.8 Å². The third-order valence-electron chi connectivity index (χ3n) is 4.52. The monoisotopic (exact) mass is 356 g/mol. The topological polar surface area (TPSA) is 89.0 Å². The lowest BCUT2D eigenvalue weighted by atomic mass is 10.0. The van der Waals surface area contributed by atoms with Gasteiger partial charge in [0.2, 0.25) is 0 Å². The molecule has 0 saturated carbocycles. The Labute approximate surface area is 151 Å². The fraction of sp³-hybridized carbons (Fsp3) is 0.316. The average molecular weight is 356 g/mol. The lowest BCUT2D eigenvalue weighted by Crippen LogP contribution is -2.33. The van der Waals surface area contributed by atoms with Crippen molar-refractivity contribution in [1.82, 2.24) is 9.88 Å². The van der Waals surface area contributed by atoms with Gasteiger partial charge in [-0.3, -0.25) is 4.79 Å². The van der Waals surface area contributed by atoms with Crippen LogP contribution >= 0.6 is 0 Å². The number of ether oxygens (including phenoxy) is 2. The molecule has 7 nitrogen and oxygen atoms in total. The fourth-order valence-electron chi connectivity index (χ4n) is 3.08. The number of pyridine rings is 1. The predicted molar refractivity (Wildman–Crippen MR) is 94.1 cm³/mol. The summed E-state index contributed by atoms with van der Waals surface area (Å²) in [5, 5.41) is 8.91. The van der Waals surface area contributed by atoms with E-state index in [1.54, 1.807) is 19.1 Å². The number of hydrogen-bond donors (Lipinski definition) is 1. The maximum absolute atomic E-state index is 12.7. The lowest BCUT2D eigenvalue weighted by Gasteiger charge is -2.20. The first-order valence-electron chi connectivity index (χ1n) is 8.26. The van der Waals surface area contributed by atoms with Gasteiger partial charge < -0.3 is 19.5 Å². The van der Waals surface area contributed by atoms with Crippen LogP contribution < -0.4 is 9.47 Å². The van der Waals surface area contributed by atoms with Crippen molar-refractivity contribution in [1.29, 1.82) is 0 Å². The Kier molecular flexibility index (Phi) is 5.06. The third-order valence-corrected chi connectivity index (χ3v) is 4.52. The van der Waals surface area contributed by atoms with Gasteiger partial charge in [-0.2, -0.15) is 0 Å². The number of hydrogen-bond acceptors (Lipinski definition) is 5. The van der Waals surface area contributed by atoms with E-state index in [-0.39, 0.29) is 11.6 Å². The highest BCUT2D eigenvalue weighted by Gasteiger charge is 2.22. The van der Waals surface area contributed by atoms with Gasteiger partial charge in [0.25, 0.3) is 5.91 Å². The van der Waals surface area contributed by atoms with Crippen LogP contribution in [0, 0.1) is 0 Å². The molecule has 3 rings (SSSR count). The zero-order valence-electron chi connectivity index (χ0n) is 14.7. The molecule has 0 unspecified atom stereocenters. The molecule has 0 radical (unpaired) electrons. The molecule has 1 aliphatic heterocycles. The minimum atomic E-state index is -1.11. The van der Waals surface area contributed by atoms with E-state index in [0.717, 1.165) is 11.1 Å². The molecule has 26 heavy (non-hydrogen) atoms. The van der Waals surface area contributed by atoms with Crippen LogP contribution in [0.3, 0.4) is 0 Å². The van der Waals surface area contributed by atoms with Crippen molar-refractivity contribution in [2.75, 3.05) is 27.3 Å². The summed E-state index contributed by atoms with van der Waals surface area (Å²) in [6.45, 7) is 1.14. The first-order chi connectivity index (χ1) is 12.5. The van der Waals surface area contributed by atoms with Crippen LogP contribution in [0.15, 0.2) is 30.5 Å². The molecule has 1 aliphatic rings. The number of rotatable bonds is 4. The lowest BCUT2D eigenvalue weighted by molar-refractivity contribution is 0.0687. The van der Waals surface area contributed by atoms with E-state index < -0.39 is 5.97 Å². The fourth-order valence-corrected chi connectivity index (χ4v) is 3.08. The summed E-state index contributed by atoms with van der Waals surface area (Å²) in [5.41, 5.74) is 2.58. The zero-order chi connectivity index (χ0) is 18.7. The molecule has 2 aromatic rings. The smallest absolute Gasteiger partial charge is 0.354 e. The molecule has 0 saturated heterocycles. The van der Waals surface area contributed by atoms with E-state index in [1.807, 2.05) is 12.1 Å². The number of nitrogens with zero attached hydrogens (tertiary/aromatic N) is 2. The molecule has 0 bridgehead atoms. The van der Waals surface area contributed by atoms with E-state index >= 15 is 0 Å². The van der Waals surface area contributed by atoms with Gasteiger partial charge in [-0.25, -0.2) is 9.78 Å². The highest BCUT2D eigenvalue weighted by Crippen LogP contribution is 2.32. The molecule has 136 valence electrons. The van der Waals surface area contributed by atoms with Crippen molar-refractivity contribution in [2.24, 2.45) is 0 Å². The molecule has 1 aromatic carbocycles. The summed E-state index contributed by atoms with van der Waals surface area (Å²) in [4.78, 5) is 29.2. The minimum absolute atomic E-state index is 0.0796. The van der Waals surface area contributed by atoms with Gasteiger partial charge in [-0.1, -0.05) is 0 Å². The summed E-state index contributed by atoms with van der Waals surface area (Å²) >= 11 is 0. The minimum Gasteiger partial charge on any atom is -0.493 e. The number of carbonyl (C=O) groups is 2. The zero-order valence-corrected chi connectivity index (χ0v) is 14.7. The van der Waals surface area contributed by atoms with Crippen LogP contribution in [0.2, 0.25) is 0 Å². The Hall–Kier alpha value is -3.09. The third kappa shape index (κ3) is 3.46. The van der Waals surface area contributed by atoms with E-state index in [1.165, 1.54) is 18.3 Å². The van der Waals surface area contributed by atoms with Crippen molar-refractivity contribution >= 4 is 11.9 Å². The predicted octanol–water partition coefficient (Wildman–Crippen LogP) is 2.04. The van der Waals surface area contributed by atoms with Crippen LogP contribution in [-0.4, -0.2) is 54.2 Å². The van der Waals surface area contributed by atoms with Crippen LogP contribution in [0.5, 0.6) is 11.5 Å². The summed E-state index contributed by atoms with van der Waals surface area (Å²) in [5.74, 6) is 0.0947. The molecule has 0 fully saturated rings. The first kappa shape index (κ1) is 17.7. The molecule has 1 N–H and O–H groups in total. The number of aromatic nitrogens is 1. The molecule has 2 heterocycles. The quantitative estimate of drug-likeness (QED) is 0.902. The number of aromatic carboxylic acids is 1. The second-order valence-electron chi connectivity index (χ2n) is 6.01. The number of carboxylic acid groups (broad SMARTS) is 1. The molecule has 1 amide bonds. The van der Waals surface area contributed by atoms with Crippen molar-refractivity contribution in [3.63, 3.8) is 0 Å².